The van der Waals surface area contributed by atoms with Crippen LogP contribution in [0.2, 0.25) is 0 Å². The smallest absolute Gasteiger partial charge is 0.267 e. The molecule has 0 atom stereocenters. The molecule has 0 radical (unpaired) electrons. The summed E-state index contributed by atoms with van der Waals surface area (Å²) >= 11 is 0. The van der Waals surface area contributed by atoms with Crippen molar-refractivity contribution >= 4 is 22.5 Å². The van der Waals surface area contributed by atoms with Gasteiger partial charge >= 0.3 is 0 Å². The highest BCUT2D eigenvalue weighted by molar-refractivity contribution is 6.11. The lowest BCUT2D eigenvalue weighted by atomic mass is 10.0. The number of fused-ring (bicyclic) bond motifs is 3. The number of anilines is 1. The quantitative estimate of drug-likeness (QED) is 0.721. The Bertz CT molecular complexity index is 1110. The van der Waals surface area contributed by atoms with E-state index in [-0.39, 0.29) is 12.2 Å². The average Bonchev–Trinajstić information content (AvgIpc) is 3.16. The second-order valence-electron chi connectivity index (χ2n) is 6.27. The van der Waals surface area contributed by atoms with Crippen LogP contribution in [0.3, 0.4) is 0 Å². The third kappa shape index (κ3) is 2.55. The van der Waals surface area contributed by atoms with Crippen LogP contribution in [0.15, 0.2) is 47.3 Å². The van der Waals surface area contributed by atoms with Gasteiger partial charge in [0, 0.05) is 24.8 Å². The third-order valence-corrected chi connectivity index (χ3v) is 4.77. The first-order chi connectivity index (χ1) is 13.0. The topological polar surface area (TPSA) is 81.0 Å². The monoisotopic (exact) mass is 366 g/mol. The molecule has 4 rings (SSSR count). The summed E-state index contributed by atoms with van der Waals surface area (Å²) < 4.78 is 1.34. The highest BCUT2D eigenvalue weighted by Crippen LogP contribution is 2.40. The fraction of sp³-hybridized carbons (Fsp3) is 0.200. The van der Waals surface area contributed by atoms with E-state index >= 15 is 0 Å². The Morgan fingerprint density at radius 2 is 1.96 bits per heavy atom. The fourth-order valence-corrected chi connectivity index (χ4v) is 3.37. The number of carbonyl (C=O) groups is 1. The normalized spacial score (nSPS) is 12.7. The van der Waals surface area contributed by atoms with Crippen molar-refractivity contribution in [3.05, 3.63) is 63.9 Å². The minimum atomic E-state index is -0.571. The lowest BCUT2D eigenvalue weighted by molar-refractivity contribution is -0.193. The molecule has 0 spiro atoms. The van der Waals surface area contributed by atoms with Crippen LogP contribution in [-0.4, -0.2) is 22.1 Å². The number of aromatic hydroxyl groups is 1. The molecule has 2 aromatic carbocycles. The number of hydrogen-bond acceptors (Lipinski definition) is 5. The van der Waals surface area contributed by atoms with Crippen molar-refractivity contribution in [2.45, 2.75) is 13.5 Å². The van der Waals surface area contributed by atoms with Crippen molar-refractivity contribution in [2.75, 3.05) is 11.4 Å². The summed E-state index contributed by atoms with van der Waals surface area (Å²) in [7, 11) is 1.56. The molecule has 2 heterocycles. The Hall–Kier alpha value is -3.32. The first-order valence-electron chi connectivity index (χ1n) is 8.58. The highest BCUT2D eigenvalue weighted by atomic mass is 17.2. The van der Waals surface area contributed by atoms with Crippen molar-refractivity contribution < 1.29 is 19.7 Å². The maximum absolute atomic E-state index is 13.2. The van der Waals surface area contributed by atoms with Gasteiger partial charge in [-0.3, -0.25) is 9.59 Å². The van der Waals surface area contributed by atoms with Gasteiger partial charge < -0.3 is 19.5 Å². The van der Waals surface area contributed by atoms with Crippen LogP contribution >= 0.6 is 0 Å². The van der Waals surface area contributed by atoms with Gasteiger partial charge in [0.2, 0.25) is 0 Å². The average molecular weight is 366 g/mol. The zero-order chi connectivity index (χ0) is 19.1. The lowest BCUT2D eigenvalue weighted by Gasteiger charge is -2.22. The highest BCUT2D eigenvalue weighted by Gasteiger charge is 2.29. The maximum Gasteiger partial charge on any atom is 0.267 e. The van der Waals surface area contributed by atoms with Crippen molar-refractivity contribution in [3.8, 4) is 11.5 Å². The maximum atomic E-state index is 13.2. The van der Waals surface area contributed by atoms with E-state index in [0.717, 1.165) is 5.56 Å². The van der Waals surface area contributed by atoms with Gasteiger partial charge in [0.05, 0.1) is 10.9 Å². The summed E-state index contributed by atoms with van der Waals surface area (Å²) in [6, 6.07) is 12.5. The summed E-state index contributed by atoms with van der Waals surface area (Å²) in [4.78, 5) is 37.7. The molecule has 1 amide bonds. The Balaban J connectivity index is 1.97. The van der Waals surface area contributed by atoms with Crippen molar-refractivity contribution in [1.82, 2.24) is 4.57 Å². The number of para-hydroxylation sites is 1. The number of amides is 1. The van der Waals surface area contributed by atoms with E-state index in [2.05, 4.69) is 0 Å². The molecular formula is C20H18N2O5. The number of hydrogen-bond donors (Lipinski definition) is 1. The predicted octanol–water partition coefficient (Wildman–Crippen LogP) is 2.73. The molecular weight excluding hydrogens is 348 g/mol. The third-order valence-electron chi connectivity index (χ3n) is 4.77. The Kier molecular flexibility index (Phi) is 4.08. The van der Waals surface area contributed by atoms with Gasteiger partial charge in [-0.2, -0.15) is 4.89 Å². The van der Waals surface area contributed by atoms with Gasteiger partial charge in [0.1, 0.15) is 17.9 Å². The number of aryl methyl sites for hydroxylation is 1. The molecule has 138 valence electrons. The van der Waals surface area contributed by atoms with Crippen LogP contribution in [0.25, 0.3) is 10.9 Å². The van der Waals surface area contributed by atoms with E-state index in [4.69, 9.17) is 9.78 Å². The molecule has 0 saturated carbocycles. The van der Waals surface area contributed by atoms with Crippen LogP contribution in [0.1, 0.15) is 22.8 Å². The summed E-state index contributed by atoms with van der Waals surface area (Å²) in [5.74, 6) is -0.632. The molecule has 27 heavy (non-hydrogen) atoms. The van der Waals surface area contributed by atoms with Gasteiger partial charge in [0.15, 0.2) is 5.75 Å². The summed E-state index contributed by atoms with van der Waals surface area (Å²) in [6.45, 7) is 2.39. The van der Waals surface area contributed by atoms with Crippen molar-refractivity contribution in [2.24, 2.45) is 7.05 Å². The Labute approximate surface area is 154 Å². The van der Waals surface area contributed by atoms with Crippen molar-refractivity contribution in [3.63, 3.8) is 0 Å². The molecule has 1 aliphatic heterocycles. The summed E-state index contributed by atoms with van der Waals surface area (Å²) in [5.41, 5.74) is 0.980. The molecule has 1 N–H and O–H groups in total. The van der Waals surface area contributed by atoms with Crippen LogP contribution in [0, 0.1) is 0 Å². The molecule has 1 aromatic heterocycles. The zero-order valence-corrected chi connectivity index (χ0v) is 14.9. The molecule has 0 aliphatic carbocycles. The first kappa shape index (κ1) is 17.1. The predicted molar refractivity (Wildman–Crippen MR) is 100 cm³/mol. The molecule has 0 bridgehead atoms. The number of aromatic nitrogens is 1. The summed E-state index contributed by atoms with van der Waals surface area (Å²) in [5, 5.41) is 11.2. The van der Waals surface area contributed by atoms with Crippen LogP contribution < -0.4 is 15.3 Å². The van der Waals surface area contributed by atoms with Crippen LogP contribution in [0.4, 0.5) is 5.69 Å². The van der Waals surface area contributed by atoms with Gasteiger partial charge in [0.25, 0.3) is 11.5 Å². The fourth-order valence-electron chi connectivity index (χ4n) is 3.37. The van der Waals surface area contributed by atoms with Gasteiger partial charge in [-0.1, -0.05) is 24.3 Å². The zero-order valence-electron chi connectivity index (χ0n) is 14.9. The number of benzene rings is 2. The largest absolute Gasteiger partial charge is 0.506 e. The number of pyridine rings is 1. The molecule has 0 fully saturated rings. The van der Waals surface area contributed by atoms with Gasteiger partial charge in [-0.25, -0.2) is 0 Å². The molecule has 3 aromatic rings. The second kappa shape index (κ2) is 6.44. The van der Waals surface area contributed by atoms with E-state index < -0.39 is 17.2 Å². The number of nitrogens with zero attached hydrogens (tertiary/aromatic N) is 2. The molecule has 0 saturated heterocycles. The van der Waals surface area contributed by atoms with E-state index in [9.17, 15) is 14.7 Å². The van der Waals surface area contributed by atoms with Crippen molar-refractivity contribution in [1.29, 1.82) is 0 Å². The standard InChI is InChI=1S/C20H18N2O5/c1-3-22(13-7-5-4-6-8-13)20(25)16-17(23)15-14(21(2)19(16)24)10-9-12-11-26-27-18(12)15/h4-10,23H,3,11H2,1-2H3. The molecule has 1 aliphatic rings. The second-order valence-corrected chi connectivity index (χ2v) is 6.27. The lowest BCUT2D eigenvalue weighted by Crippen LogP contribution is -2.36. The van der Waals surface area contributed by atoms with E-state index in [1.54, 1.807) is 31.3 Å². The number of carbonyl (C=O) groups excluding carboxylic acids is 1. The van der Waals surface area contributed by atoms with E-state index in [0.29, 0.717) is 28.9 Å². The van der Waals surface area contributed by atoms with E-state index in [1.165, 1.54) is 9.47 Å². The minimum Gasteiger partial charge on any atom is -0.506 e. The SMILES string of the molecule is CCN(C(=O)c1c(O)c2c3c(ccc2n(C)c1=O)COO3)c1ccccc1. The van der Waals surface area contributed by atoms with Crippen LogP contribution in [0.5, 0.6) is 11.5 Å². The van der Waals surface area contributed by atoms with Gasteiger partial charge in [-0.05, 0) is 25.1 Å². The molecule has 0 unspecified atom stereocenters. The number of rotatable bonds is 3. The molecule has 7 nitrogen and oxygen atoms in total. The van der Waals surface area contributed by atoms with Gasteiger partial charge in [-0.15, -0.1) is 0 Å². The Morgan fingerprint density at radius 3 is 2.67 bits per heavy atom. The van der Waals surface area contributed by atoms with Crippen LogP contribution in [-0.2, 0) is 18.5 Å². The first-order valence-corrected chi connectivity index (χ1v) is 8.58. The summed E-state index contributed by atoms with van der Waals surface area (Å²) in [6.07, 6.45) is 0. The molecule has 7 heteroatoms. The minimum absolute atomic E-state index is 0.238. The Morgan fingerprint density at radius 1 is 1.22 bits per heavy atom. The van der Waals surface area contributed by atoms with E-state index in [1.807, 2.05) is 25.1 Å².